The number of amides is 2. The monoisotopic (exact) mass is 557 g/mol. The molecule has 190 valence electrons. The summed E-state index contributed by atoms with van der Waals surface area (Å²) in [6.45, 7) is 2.13. The van der Waals surface area contributed by atoms with Crippen molar-refractivity contribution in [2.45, 2.75) is 6.92 Å². The minimum atomic E-state index is -0.588. The summed E-state index contributed by atoms with van der Waals surface area (Å²) in [6.07, 6.45) is 1.53. The number of esters is 1. The zero-order valence-corrected chi connectivity index (χ0v) is 22.2. The molecule has 0 bridgehead atoms. The fourth-order valence-corrected chi connectivity index (χ4v) is 4.64. The third kappa shape index (κ3) is 6.46. The number of nitrogens with zero attached hydrogens (tertiary/aromatic N) is 1. The molecule has 0 aromatic heterocycles. The number of aryl methyl sites for hydroxylation is 1. The maximum absolute atomic E-state index is 12.8. The normalized spacial score (nSPS) is 14.3. The molecule has 1 aliphatic rings. The Morgan fingerprint density at radius 1 is 1.03 bits per heavy atom. The van der Waals surface area contributed by atoms with Gasteiger partial charge in [0.2, 0.25) is 0 Å². The summed E-state index contributed by atoms with van der Waals surface area (Å²) in [5.74, 6) is -0.194. The Morgan fingerprint density at radius 2 is 1.73 bits per heavy atom. The fourth-order valence-electron chi connectivity index (χ4n) is 3.39. The molecule has 37 heavy (non-hydrogen) atoms. The van der Waals surface area contributed by atoms with E-state index in [1.54, 1.807) is 54.6 Å². The van der Waals surface area contributed by atoms with Gasteiger partial charge in [-0.3, -0.25) is 14.5 Å². The van der Waals surface area contributed by atoms with Gasteiger partial charge in [-0.15, -0.1) is 0 Å². The first-order valence-corrected chi connectivity index (χ1v) is 12.6. The summed E-state index contributed by atoms with van der Waals surface area (Å²) >= 11 is 13.1. The molecule has 3 aromatic rings. The van der Waals surface area contributed by atoms with Crippen molar-refractivity contribution in [3.8, 4) is 17.2 Å². The van der Waals surface area contributed by atoms with E-state index in [-0.39, 0.29) is 34.6 Å². The summed E-state index contributed by atoms with van der Waals surface area (Å²) in [4.78, 5) is 39.2. The van der Waals surface area contributed by atoms with E-state index in [1.807, 2.05) is 6.92 Å². The average molecular weight is 558 g/mol. The molecular weight excluding hydrogens is 537 g/mol. The van der Waals surface area contributed by atoms with Gasteiger partial charge in [0.15, 0.2) is 11.5 Å². The number of carbonyl (C=O) groups is 3. The number of carbonyl (C=O) groups excluding carboxylic acids is 3. The number of benzene rings is 3. The minimum absolute atomic E-state index is 0.0549. The van der Waals surface area contributed by atoms with E-state index in [2.05, 4.69) is 0 Å². The second-order valence-electron chi connectivity index (χ2n) is 7.93. The van der Waals surface area contributed by atoms with Crippen LogP contribution in [0.2, 0.25) is 10.0 Å². The number of imide groups is 1. The largest absolute Gasteiger partial charge is 0.493 e. The van der Waals surface area contributed by atoms with Crippen LogP contribution in [-0.4, -0.2) is 42.3 Å². The predicted molar refractivity (Wildman–Crippen MR) is 144 cm³/mol. The van der Waals surface area contributed by atoms with Crippen LogP contribution in [-0.2, 0) is 4.79 Å². The van der Waals surface area contributed by atoms with Gasteiger partial charge in [0.1, 0.15) is 12.4 Å². The smallest absolute Gasteiger partial charge is 0.343 e. The lowest BCUT2D eigenvalue weighted by Gasteiger charge is -2.13. The first kappa shape index (κ1) is 26.6. The minimum Gasteiger partial charge on any atom is -0.493 e. The van der Waals surface area contributed by atoms with Gasteiger partial charge in [-0.1, -0.05) is 40.9 Å². The lowest BCUT2D eigenvalue weighted by Crippen LogP contribution is -2.32. The van der Waals surface area contributed by atoms with E-state index in [0.717, 1.165) is 22.2 Å². The van der Waals surface area contributed by atoms with Crippen LogP contribution < -0.4 is 14.2 Å². The van der Waals surface area contributed by atoms with Gasteiger partial charge >= 0.3 is 5.97 Å². The van der Waals surface area contributed by atoms with Crippen molar-refractivity contribution in [1.82, 2.24) is 4.90 Å². The topological polar surface area (TPSA) is 82.1 Å². The van der Waals surface area contributed by atoms with Crippen molar-refractivity contribution in [1.29, 1.82) is 0 Å². The zero-order chi connectivity index (χ0) is 26.5. The van der Waals surface area contributed by atoms with Crippen molar-refractivity contribution in [3.05, 3.63) is 92.3 Å². The Hall–Kier alpha value is -3.46. The maximum Gasteiger partial charge on any atom is 0.343 e. The number of methoxy groups -OCH3 is 1. The molecule has 0 unspecified atom stereocenters. The molecule has 0 aliphatic carbocycles. The molecule has 3 aromatic carbocycles. The predicted octanol–water partition coefficient (Wildman–Crippen LogP) is 6.64. The van der Waals surface area contributed by atoms with Gasteiger partial charge in [0, 0.05) is 5.02 Å². The average Bonchev–Trinajstić information content (AvgIpc) is 3.14. The summed E-state index contributed by atoms with van der Waals surface area (Å²) in [6, 6.07) is 16.8. The molecule has 0 spiro atoms. The Kier molecular flexibility index (Phi) is 8.43. The summed E-state index contributed by atoms with van der Waals surface area (Å²) in [5.41, 5.74) is 1.87. The molecule has 0 saturated carbocycles. The summed E-state index contributed by atoms with van der Waals surface area (Å²) in [5, 5.41) is 0.289. The molecule has 4 rings (SSSR count). The van der Waals surface area contributed by atoms with Gasteiger partial charge in [-0.05, 0) is 78.9 Å². The van der Waals surface area contributed by atoms with Crippen LogP contribution in [0.4, 0.5) is 4.79 Å². The van der Waals surface area contributed by atoms with Gasteiger partial charge in [0.05, 0.1) is 29.1 Å². The highest BCUT2D eigenvalue weighted by molar-refractivity contribution is 8.18. The van der Waals surface area contributed by atoms with Crippen molar-refractivity contribution in [2.75, 3.05) is 20.3 Å². The van der Waals surface area contributed by atoms with Gasteiger partial charge in [0.25, 0.3) is 11.1 Å². The molecule has 0 N–H and O–H groups in total. The highest BCUT2D eigenvalue weighted by Crippen LogP contribution is 2.39. The maximum atomic E-state index is 12.8. The number of ether oxygens (including phenoxy) is 3. The van der Waals surface area contributed by atoms with E-state index in [1.165, 1.54) is 19.3 Å². The van der Waals surface area contributed by atoms with Crippen molar-refractivity contribution < 1.29 is 28.6 Å². The molecular formula is C27H21Cl2NO6S. The fraction of sp³-hybridized carbons (Fsp3) is 0.148. The second-order valence-corrected chi connectivity index (χ2v) is 9.76. The lowest BCUT2D eigenvalue weighted by atomic mass is 10.1. The summed E-state index contributed by atoms with van der Waals surface area (Å²) in [7, 11) is 1.41. The third-order valence-corrected chi connectivity index (χ3v) is 6.74. The SMILES string of the molecule is COc1cc(/C=C2\SC(=O)N(CCOc3ccc(Cl)cc3)C2=O)cc(Cl)c1OC(=O)c1ccc(C)cc1. The number of hydrogen-bond donors (Lipinski definition) is 0. The second kappa shape index (κ2) is 11.7. The Balaban J connectivity index is 1.46. The molecule has 1 heterocycles. The molecule has 0 radical (unpaired) electrons. The Morgan fingerprint density at radius 3 is 2.41 bits per heavy atom. The first-order valence-electron chi connectivity index (χ1n) is 11.1. The number of thioether (sulfide) groups is 1. The summed E-state index contributed by atoms with van der Waals surface area (Å²) < 4.78 is 16.5. The van der Waals surface area contributed by atoms with Crippen LogP contribution in [0.25, 0.3) is 6.08 Å². The number of halogens is 2. The third-order valence-electron chi connectivity index (χ3n) is 5.30. The van der Waals surface area contributed by atoms with E-state index in [9.17, 15) is 14.4 Å². The van der Waals surface area contributed by atoms with Gasteiger partial charge in [-0.25, -0.2) is 4.79 Å². The number of rotatable bonds is 8. The van der Waals surface area contributed by atoms with Crippen LogP contribution in [0.5, 0.6) is 17.2 Å². The van der Waals surface area contributed by atoms with E-state index in [4.69, 9.17) is 37.4 Å². The first-order chi connectivity index (χ1) is 17.7. The molecule has 1 fully saturated rings. The van der Waals surface area contributed by atoms with Crippen molar-refractivity contribution in [3.63, 3.8) is 0 Å². The van der Waals surface area contributed by atoms with Crippen LogP contribution in [0.3, 0.4) is 0 Å². The van der Waals surface area contributed by atoms with Crippen LogP contribution in [0.15, 0.2) is 65.6 Å². The Labute approximate surface area is 227 Å². The molecule has 2 amide bonds. The van der Waals surface area contributed by atoms with Gasteiger partial charge < -0.3 is 14.2 Å². The standard InChI is InChI=1S/C27H21Cl2NO6S/c1-16-3-5-18(6-4-16)26(32)36-24-21(29)13-17(14-22(24)34-2)15-23-25(31)30(27(33)37-23)11-12-35-20-9-7-19(28)8-10-20/h3-10,13-15H,11-12H2,1-2H3/b23-15-. The van der Waals surface area contributed by atoms with E-state index in [0.29, 0.717) is 21.9 Å². The van der Waals surface area contributed by atoms with Crippen LogP contribution >= 0.6 is 35.0 Å². The number of hydrogen-bond acceptors (Lipinski definition) is 7. The molecule has 1 aliphatic heterocycles. The van der Waals surface area contributed by atoms with E-state index >= 15 is 0 Å². The molecule has 0 atom stereocenters. The molecule has 1 saturated heterocycles. The lowest BCUT2D eigenvalue weighted by molar-refractivity contribution is -0.123. The van der Waals surface area contributed by atoms with Crippen molar-refractivity contribution in [2.24, 2.45) is 0 Å². The van der Waals surface area contributed by atoms with Crippen molar-refractivity contribution >= 4 is 58.2 Å². The Bertz CT molecular complexity index is 1370. The van der Waals surface area contributed by atoms with Crippen LogP contribution in [0.1, 0.15) is 21.5 Å². The quantitative estimate of drug-likeness (QED) is 0.174. The van der Waals surface area contributed by atoms with E-state index < -0.39 is 17.1 Å². The zero-order valence-electron chi connectivity index (χ0n) is 19.8. The molecule has 7 nitrogen and oxygen atoms in total. The highest BCUT2D eigenvalue weighted by Gasteiger charge is 2.35. The molecule has 10 heteroatoms. The highest BCUT2D eigenvalue weighted by atomic mass is 35.5. The van der Waals surface area contributed by atoms with Gasteiger partial charge in [-0.2, -0.15) is 0 Å². The van der Waals surface area contributed by atoms with Crippen LogP contribution in [0, 0.1) is 6.92 Å².